The molecule has 0 amide bonds. The maximum atomic E-state index is 14.1. The number of rotatable bonds is 1. The zero-order chi connectivity index (χ0) is 22.1. The minimum atomic E-state index is -3.67. The molecule has 11 heteroatoms. The Labute approximate surface area is 190 Å². The molecule has 172 valence electrons. The fourth-order valence-corrected chi connectivity index (χ4v) is 4.92. The van der Waals surface area contributed by atoms with Gasteiger partial charge in [0.2, 0.25) is 0 Å². The summed E-state index contributed by atoms with van der Waals surface area (Å²) >= 11 is 7.52. The van der Waals surface area contributed by atoms with E-state index in [9.17, 15) is 17.2 Å². The lowest BCUT2D eigenvalue weighted by Crippen LogP contribution is -2.46. The van der Waals surface area contributed by atoms with Crippen LogP contribution in [0.2, 0.25) is 5.02 Å². The van der Waals surface area contributed by atoms with Crippen LogP contribution in [0, 0.1) is 11.6 Å². The van der Waals surface area contributed by atoms with Crippen LogP contribution in [0.3, 0.4) is 0 Å². The topological polar surface area (TPSA) is 92.4 Å². The van der Waals surface area contributed by atoms with E-state index in [1.165, 1.54) is 23.9 Å². The molecule has 6 nitrogen and oxygen atoms in total. The highest BCUT2D eigenvalue weighted by Crippen LogP contribution is 2.44. The third-order valence-electron chi connectivity index (χ3n) is 5.05. The molecule has 1 saturated heterocycles. The molecule has 0 aromatic heterocycles. The molecule has 0 spiro atoms. The number of hydrogen-bond acceptors (Lipinski definition) is 5. The van der Waals surface area contributed by atoms with Crippen molar-refractivity contribution in [1.29, 1.82) is 0 Å². The highest BCUT2D eigenvalue weighted by atomic mass is 35.5. The molecule has 2 aliphatic rings. The Morgan fingerprint density at radius 1 is 1.10 bits per heavy atom. The fraction of sp³-hybridized carbons (Fsp3) is 0.400. The summed E-state index contributed by atoms with van der Waals surface area (Å²) in [4.78, 5) is 6.44. The van der Waals surface area contributed by atoms with Crippen molar-refractivity contribution < 1.29 is 27.2 Å². The minimum Gasteiger partial charge on any atom is -0.412 e. The van der Waals surface area contributed by atoms with E-state index in [1.54, 1.807) is 12.1 Å². The van der Waals surface area contributed by atoms with E-state index >= 15 is 0 Å². The van der Waals surface area contributed by atoms with Crippen LogP contribution in [0.25, 0.3) is 0 Å². The summed E-state index contributed by atoms with van der Waals surface area (Å²) in [6, 6.07) is 8.27. The Morgan fingerprint density at radius 2 is 1.71 bits per heavy atom. The molecule has 1 unspecified atom stereocenters. The van der Waals surface area contributed by atoms with E-state index in [0.717, 1.165) is 53.5 Å². The summed E-state index contributed by atoms with van der Waals surface area (Å²) in [5.74, 6) is -0.690. The van der Waals surface area contributed by atoms with Crippen molar-refractivity contribution in [3.63, 3.8) is 0 Å². The SMILES string of the molecule is CN1CCN(C2Cc3ccc(F)cc3Sc3cc(F)c(Cl)cc32)CC1.CS(=O)(=O)O.O. The molecule has 4 rings (SSSR count). The molecule has 0 aliphatic carbocycles. The van der Waals surface area contributed by atoms with Gasteiger partial charge < -0.3 is 10.4 Å². The maximum Gasteiger partial charge on any atom is 0.261 e. The molecule has 0 saturated carbocycles. The highest BCUT2D eigenvalue weighted by molar-refractivity contribution is 7.99. The van der Waals surface area contributed by atoms with E-state index in [2.05, 4.69) is 16.8 Å². The first-order valence-corrected chi connectivity index (χ1v) is 12.4. The Morgan fingerprint density at radius 3 is 2.32 bits per heavy atom. The monoisotopic (exact) mass is 494 g/mol. The van der Waals surface area contributed by atoms with Crippen LogP contribution in [0.15, 0.2) is 40.1 Å². The van der Waals surface area contributed by atoms with Crippen molar-refractivity contribution in [2.75, 3.05) is 39.5 Å². The molecule has 2 aromatic carbocycles. The smallest absolute Gasteiger partial charge is 0.261 e. The van der Waals surface area contributed by atoms with Crippen molar-refractivity contribution >= 4 is 33.5 Å². The molecule has 1 atom stereocenters. The summed E-state index contributed by atoms with van der Waals surface area (Å²) in [5, 5.41) is 0.149. The van der Waals surface area contributed by atoms with Crippen LogP contribution < -0.4 is 0 Å². The Bertz CT molecular complexity index is 1020. The second-order valence-corrected chi connectivity index (χ2v) is 10.4. The normalized spacial score (nSPS) is 19.2. The number of hydrogen-bond donors (Lipinski definition) is 1. The standard InChI is InChI=1S/C19H19ClF2N2S.CH4O3S.H2O/c1-23-4-6-24(7-5-23)17-8-12-2-3-13(21)9-18(12)25-19-11-16(22)15(20)10-14(17)19;1-5(2,3)4;/h2-3,9-11,17H,4-8H2,1H3;1H3,(H,2,3,4);1H2. The molecule has 0 radical (unpaired) electrons. The van der Waals surface area contributed by atoms with Gasteiger partial charge in [0, 0.05) is 42.0 Å². The molecular weight excluding hydrogens is 470 g/mol. The highest BCUT2D eigenvalue weighted by Gasteiger charge is 2.30. The van der Waals surface area contributed by atoms with Crippen LogP contribution >= 0.6 is 23.4 Å². The molecule has 1 fully saturated rings. The van der Waals surface area contributed by atoms with E-state index in [4.69, 9.17) is 16.2 Å². The van der Waals surface area contributed by atoms with Crippen LogP contribution in [-0.4, -0.2) is 67.7 Å². The van der Waals surface area contributed by atoms with Gasteiger partial charge in [-0.3, -0.25) is 9.45 Å². The molecular formula is C20H25ClF2N2O4S2. The molecule has 2 aliphatic heterocycles. The van der Waals surface area contributed by atoms with E-state index in [-0.39, 0.29) is 22.4 Å². The molecule has 0 bridgehead atoms. The maximum absolute atomic E-state index is 14.1. The Balaban J connectivity index is 0.000000514. The summed E-state index contributed by atoms with van der Waals surface area (Å²) in [7, 11) is -1.54. The number of halogens is 3. The van der Waals surface area contributed by atoms with Crippen molar-refractivity contribution in [2.24, 2.45) is 0 Å². The van der Waals surface area contributed by atoms with Crippen molar-refractivity contribution in [3.8, 4) is 0 Å². The first-order valence-electron chi connectivity index (χ1n) is 9.31. The van der Waals surface area contributed by atoms with Crippen molar-refractivity contribution in [3.05, 3.63) is 58.1 Å². The predicted molar refractivity (Wildman–Crippen MR) is 119 cm³/mol. The number of benzene rings is 2. The molecule has 3 N–H and O–H groups in total. The van der Waals surface area contributed by atoms with Crippen LogP contribution in [0.1, 0.15) is 17.2 Å². The second-order valence-electron chi connectivity index (χ2n) is 7.45. The number of fused-ring (bicyclic) bond motifs is 2. The average Bonchev–Trinajstić information content (AvgIpc) is 2.78. The summed E-state index contributed by atoms with van der Waals surface area (Å²) in [6.07, 6.45) is 1.49. The second kappa shape index (κ2) is 10.6. The van der Waals surface area contributed by atoms with Crippen LogP contribution in [0.4, 0.5) is 8.78 Å². The van der Waals surface area contributed by atoms with Gasteiger partial charge in [-0.2, -0.15) is 8.42 Å². The number of piperazine rings is 1. The number of likely N-dealkylation sites (N-methyl/N-ethyl adjacent to an activating group) is 1. The van der Waals surface area contributed by atoms with Gasteiger partial charge in [-0.15, -0.1) is 0 Å². The van der Waals surface area contributed by atoms with Gasteiger partial charge >= 0.3 is 0 Å². The Kier molecular flexibility index (Phi) is 8.86. The van der Waals surface area contributed by atoms with Crippen molar-refractivity contribution in [1.82, 2.24) is 9.80 Å². The summed E-state index contributed by atoms with van der Waals surface area (Å²) < 4.78 is 53.7. The molecule has 2 heterocycles. The van der Waals surface area contributed by atoms with Gasteiger partial charge in [-0.1, -0.05) is 29.4 Å². The third kappa shape index (κ3) is 7.11. The first kappa shape index (κ1) is 26.0. The lowest BCUT2D eigenvalue weighted by Gasteiger charge is -2.38. The Hall–Kier alpha value is -1.27. The lowest BCUT2D eigenvalue weighted by molar-refractivity contribution is 0.110. The quantitative estimate of drug-likeness (QED) is 0.611. The zero-order valence-corrected chi connectivity index (χ0v) is 19.5. The van der Waals surface area contributed by atoms with Crippen LogP contribution in [0.5, 0.6) is 0 Å². The third-order valence-corrected chi connectivity index (χ3v) is 6.52. The van der Waals surface area contributed by atoms with E-state index in [0.29, 0.717) is 6.26 Å². The molecule has 2 aromatic rings. The van der Waals surface area contributed by atoms with Crippen molar-refractivity contribution in [2.45, 2.75) is 22.3 Å². The predicted octanol–water partition coefficient (Wildman–Crippen LogP) is 3.29. The van der Waals surface area contributed by atoms with Gasteiger partial charge in [0.05, 0.1) is 11.3 Å². The van der Waals surface area contributed by atoms with Crippen LogP contribution in [-0.2, 0) is 16.5 Å². The van der Waals surface area contributed by atoms with E-state index < -0.39 is 15.9 Å². The zero-order valence-electron chi connectivity index (χ0n) is 17.1. The van der Waals surface area contributed by atoms with Gasteiger partial charge in [0.25, 0.3) is 10.1 Å². The summed E-state index contributed by atoms with van der Waals surface area (Å²) in [5.41, 5.74) is 2.14. The largest absolute Gasteiger partial charge is 0.412 e. The number of nitrogens with zero attached hydrogens (tertiary/aromatic N) is 2. The summed E-state index contributed by atoms with van der Waals surface area (Å²) in [6.45, 7) is 3.92. The minimum absolute atomic E-state index is 0. The van der Waals surface area contributed by atoms with Gasteiger partial charge in [0.15, 0.2) is 0 Å². The first-order chi connectivity index (χ1) is 14.0. The fourth-order valence-electron chi connectivity index (χ4n) is 3.58. The molecule has 31 heavy (non-hydrogen) atoms. The van der Waals surface area contributed by atoms with Gasteiger partial charge in [0.1, 0.15) is 11.6 Å². The lowest BCUT2D eigenvalue weighted by atomic mass is 9.96. The average molecular weight is 495 g/mol. The van der Waals surface area contributed by atoms with Gasteiger partial charge in [-0.25, -0.2) is 8.78 Å². The van der Waals surface area contributed by atoms with Gasteiger partial charge in [-0.05, 0) is 48.9 Å². The van der Waals surface area contributed by atoms with E-state index in [1.807, 2.05) is 6.07 Å².